The Morgan fingerprint density at radius 1 is 1.30 bits per heavy atom. The lowest BCUT2D eigenvalue weighted by atomic mass is 10.1. The third kappa shape index (κ3) is 6.52. The lowest BCUT2D eigenvalue weighted by Crippen LogP contribution is -2.41. The van der Waals surface area contributed by atoms with E-state index in [0.29, 0.717) is 6.54 Å². The summed E-state index contributed by atoms with van der Waals surface area (Å²) >= 11 is 0. The molecule has 0 fully saturated rings. The minimum Gasteiger partial charge on any atom is -0.444 e. The molecule has 112 valence electrons. The Morgan fingerprint density at radius 2 is 1.90 bits per heavy atom. The Kier molecular flexibility index (Phi) is 5.95. The number of ether oxygens (including phenoxy) is 1. The standard InChI is InChI=1S/C15H25N3O2/c1-11(10-17-14(19)20-15(3,4)5)18-12(2)13-6-8-16-9-7-13/h6-9,11-12,18H,10H2,1-5H3,(H,17,19)/t11?,12-/m0/s1. The minimum atomic E-state index is -0.467. The monoisotopic (exact) mass is 279 g/mol. The molecule has 5 nitrogen and oxygen atoms in total. The summed E-state index contributed by atoms with van der Waals surface area (Å²) in [7, 11) is 0. The van der Waals surface area contributed by atoms with E-state index < -0.39 is 5.60 Å². The van der Waals surface area contributed by atoms with Crippen LogP contribution in [0.25, 0.3) is 0 Å². The summed E-state index contributed by atoms with van der Waals surface area (Å²) in [6.07, 6.45) is 3.16. The van der Waals surface area contributed by atoms with Gasteiger partial charge in [0, 0.05) is 31.0 Å². The van der Waals surface area contributed by atoms with Gasteiger partial charge in [-0.25, -0.2) is 4.79 Å². The third-order valence-electron chi connectivity index (χ3n) is 2.69. The van der Waals surface area contributed by atoms with E-state index in [1.54, 1.807) is 12.4 Å². The van der Waals surface area contributed by atoms with E-state index in [0.717, 1.165) is 0 Å². The van der Waals surface area contributed by atoms with E-state index in [9.17, 15) is 4.79 Å². The van der Waals surface area contributed by atoms with Gasteiger partial charge in [-0.2, -0.15) is 0 Å². The van der Waals surface area contributed by atoms with E-state index in [1.807, 2.05) is 39.8 Å². The normalized spacial score (nSPS) is 14.4. The summed E-state index contributed by atoms with van der Waals surface area (Å²) in [5, 5.41) is 6.18. The van der Waals surface area contributed by atoms with Crippen LogP contribution in [0.5, 0.6) is 0 Å². The molecule has 0 saturated heterocycles. The molecule has 5 heteroatoms. The van der Waals surface area contributed by atoms with Crippen molar-refractivity contribution in [1.82, 2.24) is 15.6 Å². The maximum atomic E-state index is 11.5. The smallest absolute Gasteiger partial charge is 0.407 e. The highest BCUT2D eigenvalue weighted by atomic mass is 16.6. The Morgan fingerprint density at radius 3 is 2.45 bits per heavy atom. The zero-order valence-corrected chi connectivity index (χ0v) is 12.9. The number of carbonyl (C=O) groups is 1. The number of aromatic nitrogens is 1. The van der Waals surface area contributed by atoms with Gasteiger partial charge in [-0.1, -0.05) is 0 Å². The third-order valence-corrected chi connectivity index (χ3v) is 2.69. The first-order valence-corrected chi connectivity index (χ1v) is 6.91. The van der Waals surface area contributed by atoms with Crippen LogP contribution in [0.3, 0.4) is 0 Å². The predicted molar refractivity (Wildman–Crippen MR) is 79.5 cm³/mol. The average Bonchev–Trinajstić information content (AvgIpc) is 2.35. The average molecular weight is 279 g/mol. The number of carbonyl (C=O) groups excluding carboxylic acids is 1. The highest BCUT2D eigenvalue weighted by molar-refractivity contribution is 5.67. The second-order valence-electron chi connectivity index (χ2n) is 5.95. The summed E-state index contributed by atoms with van der Waals surface area (Å²) < 4.78 is 5.19. The first kappa shape index (κ1) is 16.4. The van der Waals surface area contributed by atoms with E-state index in [1.165, 1.54) is 5.56 Å². The summed E-state index contributed by atoms with van der Waals surface area (Å²) in [4.78, 5) is 15.5. The molecule has 0 bridgehead atoms. The van der Waals surface area contributed by atoms with Crippen molar-refractivity contribution in [2.24, 2.45) is 0 Å². The summed E-state index contributed by atoms with van der Waals surface area (Å²) in [5.41, 5.74) is 0.703. The molecule has 0 spiro atoms. The van der Waals surface area contributed by atoms with Crippen molar-refractivity contribution < 1.29 is 9.53 Å². The lowest BCUT2D eigenvalue weighted by molar-refractivity contribution is 0.0522. The van der Waals surface area contributed by atoms with Crippen LogP contribution >= 0.6 is 0 Å². The zero-order valence-electron chi connectivity index (χ0n) is 12.9. The van der Waals surface area contributed by atoms with Gasteiger partial charge in [-0.15, -0.1) is 0 Å². The van der Waals surface area contributed by atoms with Gasteiger partial charge < -0.3 is 15.4 Å². The second-order valence-corrected chi connectivity index (χ2v) is 5.95. The predicted octanol–water partition coefficient (Wildman–Crippen LogP) is 2.65. The molecule has 0 radical (unpaired) electrons. The Bertz CT molecular complexity index is 415. The van der Waals surface area contributed by atoms with Gasteiger partial charge in [0.2, 0.25) is 0 Å². The first-order valence-electron chi connectivity index (χ1n) is 6.91. The van der Waals surface area contributed by atoms with Crippen LogP contribution in [0, 0.1) is 0 Å². The van der Waals surface area contributed by atoms with Crippen LogP contribution in [-0.2, 0) is 4.74 Å². The van der Waals surface area contributed by atoms with E-state index in [2.05, 4.69) is 22.5 Å². The fourth-order valence-electron chi connectivity index (χ4n) is 1.78. The largest absolute Gasteiger partial charge is 0.444 e. The molecule has 1 rings (SSSR count). The van der Waals surface area contributed by atoms with Crippen LogP contribution in [0.1, 0.15) is 46.2 Å². The van der Waals surface area contributed by atoms with E-state index in [-0.39, 0.29) is 18.2 Å². The number of rotatable bonds is 5. The van der Waals surface area contributed by atoms with Gasteiger partial charge in [0.25, 0.3) is 0 Å². The van der Waals surface area contributed by atoms with Crippen molar-refractivity contribution in [3.05, 3.63) is 30.1 Å². The summed E-state index contributed by atoms with van der Waals surface area (Å²) in [6, 6.07) is 4.30. The molecule has 0 aliphatic heterocycles. The van der Waals surface area contributed by atoms with Crippen LogP contribution < -0.4 is 10.6 Å². The molecular weight excluding hydrogens is 254 g/mol. The minimum absolute atomic E-state index is 0.144. The molecule has 0 saturated carbocycles. The van der Waals surface area contributed by atoms with E-state index in [4.69, 9.17) is 4.74 Å². The molecule has 1 unspecified atom stereocenters. The fourth-order valence-corrected chi connectivity index (χ4v) is 1.78. The molecule has 1 heterocycles. The molecule has 2 atom stereocenters. The number of alkyl carbamates (subject to hydrolysis) is 1. The molecule has 2 N–H and O–H groups in total. The number of nitrogens with zero attached hydrogens (tertiary/aromatic N) is 1. The zero-order chi connectivity index (χ0) is 15.2. The highest BCUT2D eigenvalue weighted by Gasteiger charge is 2.17. The van der Waals surface area contributed by atoms with Crippen molar-refractivity contribution in [2.75, 3.05) is 6.54 Å². The summed E-state index contributed by atoms with van der Waals surface area (Å²) in [5.74, 6) is 0. The second kappa shape index (κ2) is 7.24. The van der Waals surface area contributed by atoms with E-state index >= 15 is 0 Å². The van der Waals surface area contributed by atoms with Gasteiger partial charge in [0.1, 0.15) is 5.60 Å². The molecule has 0 aromatic carbocycles. The van der Waals surface area contributed by atoms with Gasteiger partial charge >= 0.3 is 6.09 Å². The SMILES string of the molecule is CC(CNC(=O)OC(C)(C)C)N[C@@H](C)c1ccncc1. The van der Waals surface area contributed by atoms with Crippen LogP contribution in [-0.4, -0.2) is 29.3 Å². The van der Waals surface area contributed by atoms with Crippen LogP contribution in [0.4, 0.5) is 4.79 Å². The Hall–Kier alpha value is -1.62. The van der Waals surface area contributed by atoms with Crippen molar-refractivity contribution in [3.63, 3.8) is 0 Å². The molecule has 1 aromatic rings. The number of hydrogen-bond donors (Lipinski definition) is 2. The molecule has 20 heavy (non-hydrogen) atoms. The molecular formula is C15H25N3O2. The van der Waals surface area contributed by atoms with Crippen LogP contribution in [0.2, 0.25) is 0 Å². The number of nitrogens with one attached hydrogen (secondary N) is 2. The number of hydrogen-bond acceptors (Lipinski definition) is 4. The van der Waals surface area contributed by atoms with Gasteiger partial charge in [-0.3, -0.25) is 4.98 Å². The van der Waals surface area contributed by atoms with Crippen LogP contribution in [0.15, 0.2) is 24.5 Å². The molecule has 0 aliphatic carbocycles. The molecule has 1 amide bonds. The highest BCUT2D eigenvalue weighted by Crippen LogP contribution is 2.11. The number of amides is 1. The van der Waals surface area contributed by atoms with Crippen molar-refractivity contribution in [1.29, 1.82) is 0 Å². The first-order chi connectivity index (χ1) is 9.28. The topological polar surface area (TPSA) is 63.2 Å². The van der Waals surface area contributed by atoms with Gasteiger partial charge in [0.15, 0.2) is 0 Å². The van der Waals surface area contributed by atoms with Gasteiger partial charge in [-0.05, 0) is 52.3 Å². The quantitative estimate of drug-likeness (QED) is 0.869. The van der Waals surface area contributed by atoms with Gasteiger partial charge in [0.05, 0.1) is 0 Å². The maximum absolute atomic E-state index is 11.5. The lowest BCUT2D eigenvalue weighted by Gasteiger charge is -2.23. The maximum Gasteiger partial charge on any atom is 0.407 e. The Balaban J connectivity index is 2.33. The summed E-state index contributed by atoms with van der Waals surface area (Å²) in [6.45, 7) is 10.2. The molecule has 0 aliphatic rings. The van der Waals surface area contributed by atoms with Crippen molar-refractivity contribution >= 4 is 6.09 Å². The number of pyridine rings is 1. The van der Waals surface area contributed by atoms with Crippen molar-refractivity contribution in [2.45, 2.75) is 52.3 Å². The molecule has 1 aromatic heterocycles. The van der Waals surface area contributed by atoms with Crippen molar-refractivity contribution in [3.8, 4) is 0 Å². The Labute approximate surface area is 121 Å². The fraction of sp³-hybridized carbons (Fsp3) is 0.600.